The van der Waals surface area contributed by atoms with Gasteiger partial charge in [0.1, 0.15) is 0 Å². The van der Waals surface area contributed by atoms with Gasteiger partial charge in [-0.05, 0) is 37.3 Å². The quantitative estimate of drug-likeness (QED) is 0.661. The molecule has 0 aromatic heterocycles. The predicted molar refractivity (Wildman–Crippen MR) is 64.3 cm³/mol. The highest BCUT2D eigenvalue weighted by Gasteiger charge is 2.19. The second-order valence-electron chi connectivity index (χ2n) is 4.83. The first-order chi connectivity index (χ1) is 6.52. The predicted octanol–water partition coefficient (Wildman–Crippen LogP) is 2.24. The number of rotatable bonds is 7. The normalized spacial score (nSPS) is 18.2. The second-order valence-corrected chi connectivity index (χ2v) is 4.83. The van der Waals surface area contributed by atoms with Crippen LogP contribution in [0.15, 0.2) is 0 Å². The molecule has 2 heteroatoms. The van der Waals surface area contributed by atoms with Crippen LogP contribution in [0.5, 0.6) is 0 Å². The number of nitrogens with one attached hydrogen (secondary N) is 1. The monoisotopic (exact) mass is 200 g/mol. The highest BCUT2D eigenvalue weighted by Crippen LogP contribution is 2.19. The number of hydrogen-bond acceptors (Lipinski definition) is 2. The van der Waals surface area contributed by atoms with Crippen molar-refractivity contribution < 1.29 is 0 Å². The summed E-state index contributed by atoms with van der Waals surface area (Å²) in [6.45, 7) is 13.1. The Morgan fingerprint density at radius 1 is 1.07 bits per heavy atom. The van der Waals surface area contributed by atoms with Crippen molar-refractivity contribution in [2.24, 2.45) is 23.5 Å². The van der Waals surface area contributed by atoms with Gasteiger partial charge < -0.3 is 11.1 Å². The van der Waals surface area contributed by atoms with E-state index in [0.717, 1.165) is 24.9 Å². The van der Waals surface area contributed by atoms with Crippen LogP contribution < -0.4 is 11.1 Å². The van der Waals surface area contributed by atoms with Crippen LogP contribution in [0.4, 0.5) is 0 Å². The van der Waals surface area contributed by atoms with E-state index in [4.69, 9.17) is 5.73 Å². The summed E-state index contributed by atoms with van der Waals surface area (Å²) >= 11 is 0. The van der Waals surface area contributed by atoms with Crippen LogP contribution in [0, 0.1) is 17.8 Å². The van der Waals surface area contributed by atoms with Gasteiger partial charge in [0, 0.05) is 6.04 Å². The second kappa shape index (κ2) is 7.24. The third kappa shape index (κ3) is 4.97. The summed E-state index contributed by atoms with van der Waals surface area (Å²) in [5.41, 5.74) is 5.72. The first-order valence-electron chi connectivity index (χ1n) is 5.96. The van der Waals surface area contributed by atoms with E-state index in [0.29, 0.717) is 12.0 Å². The van der Waals surface area contributed by atoms with E-state index in [9.17, 15) is 0 Å². The zero-order valence-corrected chi connectivity index (χ0v) is 10.5. The van der Waals surface area contributed by atoms with Crippen LogP contribution in [0.25, 0.3) is 0 Å². The molecule has 0 aromatic rings. The fourth-order valence-corrected chi connectivity index (χ4v) is 1.62. The molecule has 0 rings (SSSR count). The summed E-state index contributed by atoms with van der Waals surface area (Å²) < 4.78 is 0. The third-order valence-electron chi connectivity index (χ3n) is 3.29. The summed E-state index contributed by atoms with van der Waals surface area (Å²) in [4.78, 5) is 0. The molecule has 0 radical (unpaired) electrons. The van der Waals surface area contributed by atoms with E-state index in [1.165, 1.54) is 6.42 Å². The van der Waals surface area contributed by atoms with Crippen molar-refractivity contribution in [3.8, 4) is 0 Å². The van der Waals surface area contributed by atoms with Crippen molar-refractivity contribution in [1.82, 2.24) is 5.32 Å². The van der Waals surface area contributed by atoms with Crippen molar-refractivity contribution in [2.45, 2.75) is 47.1 Å². The Balaban J connectivity index is 4.07. The molecule has 2 nitrogen and oxygen atoms in total. The lowest BCUT2D eigenvalue weighted by molar-refractivity contribution is 0.282. The summed E-state index contributed by atoms with van der Waals surface area (Å²) in [7, 11) is 0. The van der Waals surface area contributed by atoms with Crippen molar-refractivity contribution >= 4 is 0 Å². The van der Waals surface area contributed by atoms with E-state index in [2.05, 4.69) is 39.9 Å². The highest BCUT2D eigenvalue weighted by molar-refractivity contribution is 4.76. The molecule has 3 unspecified atom stereocenters. The third-order valence-corrected chi connectivity index (χ3v) is 3.29. The SMILES string of the molecule is CCNC(CC(C)C(C)C)C(C)CN. The van der Waals surface area contributed by atoms with Crippen molar-refractivity contribution in [1.29, 1.82) is 0 Å². The fraction of sp³-hybridized carbons (Fsp3) is 1.00. The van der Waals surface area contributed by atoms with Crippen LogP contribution in [0.3, 0.4) is 0 Å². The molecule has 0 aliphatic rings. The Kier molecular flexibility index (Phi) is 7.20. The molecule has 86 valence electrons. The highest BCUT2D eigenvalue weighted by atomic mass is 14.9. The van der Waals surface area contributed by atoms with Crippen molar-refractivity contribution in [3.63, 3.8) is 0 Å². The summed E-state index contributed by atoms with van der Waals surface area (Å²) in [5.74, 6) is 2.12. The molecule has 0 spiro atoms. The minimum Gasteiger partial charge on any atom is -0.330 e. The van der Waals surface area contributed by atoms with E-state index >= 15 is 0 Å². The molecule has 3 atom stereocenters. The lowest BCUT2D eigenvalue weighted by Gasteiger charge is -2.28. The lowest BCUT2D eigenvalue weighted by atomic mass is 9.86. The van der Waals surface area contributed by atoms with E-state index < -0.39 is 0 Å². The fourth-order valence-electron chi connectivity index (χ4n) is 1.62. The molecule has 14 heavy (non-hydrogen) atoms. The maximum atomic E-state index is 5.72. The summed E-state index contributed by atoms with van der Waals surface area (Å²) in [6.07, 6.45) is 1.24. The van der Waals surface area contributed by atoms with Gasteiger partial charge in [0.25, 0.3) is 0 Å². The Hall–Kier alpha value is -0.0800. The topological polar surface area (TPSA) is 38.0 Å². The standard InChI is InChI=1S/C12H28N2/c1-6-14-12(11(5)8-13)7-10(4)9(2)3/h9-12,14H,6-8,13H2,1-5H3. The average molecular weight is 200 g/mol. The van der Waals surface area contributed by atoms with Gasteiger partial charge in [0.05, 0.1) is 0 Å². The van der Waals surface area contributed by atoms with Crippen LogP contribution in [0.2, 0.25) is 0 Å². The first kappa shape index (κ1) is 13.9. The maximum absolute atomic E-state index is 5.72. The molecule has 0 aromatic carbocycles. The largest absolute Gasteiger partial charge is 0.330 e. The van der Waals surface area contributed by atoms with E-state index in [1.807, 2.05) is 0 Å². The Bertz CT molecular complexity index is 134. The average Bonchev–Trinajstić information content (AvgIpc) is 2.15. The minimum absolute atomic E-state index is 0.580. The van der Waals surface area contributed by atoms with Crippen molar-refractivity contribution in [2.75, 3.05) is 13.1 Å². The Labute approximate surface area is 89.6 Å². The van der Waals surface area contributed by atoms with Gasteiger partial charge in [-0.25, -0.2) is 0 Å². The molecular weight excluding hydrogens is 172 g/mol. The lowest BCUT2D eigenvalue weighted by Crippen LogP contribution is -2.40. The van der Waals surface area contributed by atoms with Gasteiger partial charge in [-0.2, -0.15) is 0 Å². The Morgan fingerprint density at radius 3 is 2.00 bits per heavy atom. The zero-order chi connectivity index (χ0) is 11.1. The van der Waals surface area contributed by atoms with Gasteiger partial charge in [-0.15, -0.1) is 0 Å². The Morgan fingerprint density at radius 2 is 1.64 bits per heavy atom. The van der Waals surface area contributed by atoms with Crippen LogP contribution in [-0.2, 0) is 0 Å². The minimum atomic E-state index is 0.580. The van der Waals surface area contributed by atoms with Gasteiger partial charge >= 0.3 is 0 Å². The molecule has 0 aliphatic heterocycles. The molecule has 0 saturated heterocycles. The number of nitrogens with two attached hydrogens (primary N) is 1. The van der Waals surface area contributed by atoms with Crippen LogP contribution in [-0.4, -0.2) is 19.1 Å². The molecule has 0 bridgehead atoms. The molecule has 0 amide bonds. The molecule has 0 fully saturated rings. The van der Waals surface area contributed by atoms with Gasteiger partial charge in [-0.3, -0.25) is 0 Å². The molecule has 0 heterocycles. The molecule has 0 aliphatic carbocycles. The van der Waals surface area contributed by atoms with E-state index in [-0.39, 0.29) is 0 Å². The van der Waals surface area contributed by atoms with Gasteiger partial charge in [0.2, 0.25) is 0 Å². The van der Waals surface area contributed by atoms with Gasteiger partial charge in [-0.1, -0.05) is 34.6 Å². The molecule has 3 N–H and O–H groups in total. The van der Waals surface area contributed by atoms with Crippen LogP contribution in [0.1, 0.15) is 41.0 Å². The van der Waals surface area contributed by atoms with Crippen molar-refractivity contribution in [3.05, 3.63) is 0 Å². The summed E-state index contributed by atoms with van der Waals surface area (Å²) in [5, 5.41) is 3.54. The molecule has 0 saturated carbocycles. The first-order valence-corrected chi connectivity index (χ1v) is 5.96. The zero-order valence-electron chi connectivity index (χ0n) is 10.5. The van der Waals surface area contributed by atoms with E-state index in [1.54, 1.807) is 0 Å². The van der Waals surface area contributed by atoms with Crippen LogP contribution >= 0.6 is 0 Å². The maximum Gasteiger partial charge on any atom is 0.0107 e. The molecular formula is C12H28N2. The number of hydrogen-bond donors (Lipinski definition) is 2. The smallest absolute Gasteiger partial charge is 0.0107 e. The summed E-state index contributed by atoms with van der Waals surface area (Å²) in [6, 6.07) is 0.586. The van der Waals surface area contributed by atoms with Gasteiger partial charge in [0.15, 0.2) is 0 Å².